The highest BCUT2D eigenvalue weighted by Crippen LogP contribution is 2.23. The molecule has 0 aliphatic heterocycles. The van der Waals surface area contributed by atoms with Gasteiger partial charge in [-0.15, -0.1) is 0 Å². The molecule has 0 aliphatic rings. The van der Waals surface area contributed by atoms with Crippen LogP contribution in [0.3, 0.4) is 0 Å². The minimum Gasteiger partial charge on any atom is -0.342 e. The van der Waals surface area contributed by atoms with Gasteiger partial charge in [0.2, 0.25) is 0 Å². The normalized spacial score (nSPS) is 14.9. The van der Waals surface area contributed by atoms with Crippen LogP contribution >= 0.6 is 0 Å². The molecule has 0 fully saturated rings. The fourth-order valence-corrected chi connectivity index (χ4v) is 2.13. The first-order valence-electron chi connectivity index (χ1n) is 6.47. The molecule has 4 heteroatoms. The van der Waals surface area contributed by atoms with Gasteiger partial charge in [-0.05, 0) is 31.9 Å². The van der Waals surface area contributed by atoms with Gasteiger partial charge in [0, 0.05) is 12.0 Å². The highest BCUT2D eigenvalue weighted by atomic mass is 19.1. The van der Waals surface area contributed by atoms with E-state index in [0.29, 0.717) is 11.4 Å². The SMILES string of the molecule is CC(N)CCCC(C)c1nc2c(F)cccc2[nH]1. The summed E-state index contributed by atoms with van der Waals surface area (Å²) >= 11 is 0. The Hall–Kier alpha value is -1.42. The van der Waals surface area contributed by atoms with E-state index in [4.69, 9.17) is 5.73 Å². The number of hydrogen-bond donors (Lipinski definition) is 2. The smallest absolute Gasteiger partial charge is 0.151 e. The van der Waals surface area contributed by atoms with Gasteiger partial charge in [-0.25, -0.2) is 9.37 Å². The van der Waals surface area contributed by atoms with Crippen LogP contribution in [0.25, 0.3) is 11.0 Å². The van der Waals surface area contributed by atoms with Crippen molar-refractivity contribution in [2.24, 2.45) is 5.73 Å². The Bertz CT molecular complexity index is 519. The minimum absolute atomic E-state index is 0.241. The lowest BCUT2D eigenvalue weighted by Crippen LogP contribution is -2.14. The summed E-state index contributed by atoms with van der Waals surface area (Å²) in [5.74, 6) is 0.896. The Morgan fingerprint density at radius 1 is 1.33 bits per heavy atom. The maximum atomic E-state index is 13.5. The van der Waals surface area contributed by atoms with E-state index in [2.05, 4.69) is 16.9 Å². The number of nitrogens with two attached hydrogens (primary N) is 1. The predicted molar refractivity (Wildman–Crippen MR) is 72.0 cm³/mol. The molecule has 1 aromatic heterocycles. The first-order valence-corrected chi connectivity index (χ1v) is 6.47. The zero-order chi connectivity index (χ0) is 13.1. The van der Waals surface area contributed by atoms with Crippen molar-refractivity contribution in [2.75, 3.05) is 0 Å². The summed E-state index contributed by atoms with van der Waals surface area (Å²) in [6.45, 7) is 4.12. The molecular formula is C14H20FN3. The topological polar surface area (TPSA) is 54.7 Å². The summed E-state index contributed by atoms with van der Waals surface area (Å²) in [7, 11) is 0. The van der Waals surface area contributed by atoms with Crippen molar-refractivity contribution < 1.29 is 4.39 Å². The molecule has 0 radical (unpaired) electrons. The van der Waals surface area contributed by atoms with Gasteiger partial charge in [0.25, 0.3) is 0 Å². The monoisotopic (exact) mass is 249 g/mol. The lowest BCUT2D eigenvalue weighted by molar-refractivity contribution is 0.546. The Labute approximate surface area is 107 Å². The van der Waals surface area contributed by atoms with Crippen LogP contribution in [0, 0.1) is 5.82 Å². The molecule has 1 aromatic carbocycles. The van der Waals surface area contributed by atoms with Gasteiger partial charge < -0.3 is 10.7 Å². The number of hydrogen-bond acceptors (Lipinski definition) is 2. The summed E-state index contributed by atoms with van der Waals surface area (Å²) in [4.78, 5) is 7.54. The lowest BCUT2D eigenvalue weighted by atomic mass is 10.0. The highest BCUT2D eigenvalue weighted by Gasteiger charge is 2.12. The second-order valence-corrected chi connectivity index (χ2v) is 5.07. The number of rotatable bonds is 5. The van der Waals surface area contributed by atoms with E-state index in [1.165, 1.54) is 6.07 Å². The van der Waals surface area contributed by atoms with Gasteiger partial charge in [0.15, 0.2) is 5.82 Å². The molecule has 2 rings (SSSR count). The largest absolute Gasteiger partial charge is 0.342 e. The van der Waals surface area contributed by atoms with Gasteiger partial charge in [-0.2, -0.15) is 0 Å². The number of para-hydroxylation sites is 1. The van der Waals surface area contributed by atoms with Crippen molar-refractivity contribution in [3.05, 3.63) is 29.8 Å². The number of benzene rings is 1. The number of imidazole rings is 1. The van der Waals surface area contributed by atoms with Crippen molar-refractivity contribution in [3.63, 3.8) is 0 Å². The molecule has 0 amide bonds. The summed E-state index contributed by atoms with van der Waals surface area (Å²) in [5, 5.41) is 0. The van der Waals surface area contributed by atoms with E-state index >= 15 is 0 Å². The van der Waals surface area contributed by atoms with Gasteiger partial charge in [-0.1, -0.05) is 19.4 Å². The van der Waals surface area contributed by atoms with Gasteiger partial charge in [0.1, 0.15) is 11.3 Å². The molecule has 98 valence electrons. The van der Waals surface area contributed by atoms with Crippen LogP contribution in [-0.2, 0) is 0 Å². The lowest BCUT2D eigenvalue weighted by Gasteiger charge is -2.09. The van der Waals surface area contributed by atoms with E-state index in [-0.39, 0.29) is 11.9 Å². The minimum atomic E-state index is -0.266. The van der Waals surface area contributed by atoms with Crippen LogP contribution in [0.15, 0.2) is 18.2 Å². The third-order valence-corrected chi connectivity index (χ3v) is 3.25. The molecule has 2 atom stereocenters. The number of nitrogens with one attached hydrogen (secondary N) is 1. The molecule has 3 nitrogen and oxygen atoms in total. The molecular weight excluding hydrogens is 229 g/mol. The number of fused-ring (bicyclic) bond motifs is 1. The molecule has 2 aromatic rings. The van der Waals surface area contributed by atoms with Crippen LogP contribution in [0.2, 0.25) is 0 Å². The maximum Gasteiger partial charge on any atom is 0.151 e. The van der Waals surface area contributed by atoms with Crippen LogP contribution in [0.5, 0.6) is 0 Å². The molecule has 2 unspecified atom stereocenters. The summed E-state index contributed by atoms with van der Waals surface area (Å²) in [6.07, 6.45) is 3.10. The molecule has 3 N–H and O–H groups in total. The average Bonchev–Trinajstić information content (AvgIpc) is 2.74. The number of aromatic nitrogens is 2. The van der Waals surface area contributed by atoms with Crippen LogP contribution in [-0.4, -0.2) is 16.0 Å². The molecule has 0 bridgehead atoms. The van der Waals surface area contributed by atoms with Crippen molar-refractivity contribution in [1.82, 2.24) is 9.97 Å². The Morgan fingerprint density at radius 3 is 2.78 bits per heavy atom. The van der Waals surface area contributed by atoms with Crippen LogP contribution in [0.4, 0.5) is 4.39 Å². The second-order valence-electron chi connectivity index (χ2n) is 5.07. The Morgan fingerprint density at radius 2 is 2.11 bits per heavy atom. The van der Waals surface area contributed by atoms with Gasteiger partial charge in [-0.3, -0.25) is 0 Å². The fraction of sp³-hybridized carbons (Fsp3) is 0.500. The summed E-state index contributed by atoms with van der Waals surface area (Å²) in [6, 6.07) is 5.22. The van der Waals surface area contributed by atoms with E-state index in [1.807, 2.05) is 13.0 Å². The number of halogens is 1. The van der Waals surface area contributed by atoms with Crippen molar-refractivity contribution >= 4 is 11.0 Å². The van der Waals surface area contributed by atoms with Gasteiger partial charge >= 0.3 is 0 Å². The molecule has 1 heterocycles. The Balaban J connectivity index is 2.08. The molecule has 0 saturated carbocycles. The van der Waals surface area contributed by atoms with Crippen molar-refractivity contribution in [3.8, 4) is 0 Å². The molecule has 0 saturated heterocycles. The maximum absolute atomic E-state index is 13.5. The standard InChI is InChI=1S/C14H20FN3/c1-9(5-3-6-10(2)16)14-17-12-8-4-7-11(15)13(12)18-14/h4,7-10H,3,5-6,16H2,1-2H3,(H,17,18). The number of H-pyrrole nitrogens is 1. The third kappa shape index (κ3) is 2.88. The second kappa shape index (κ2) is 5.48. The highest BCUT2D eigenvalue weighted by molar-refractivity contribution is 5.75. The molecule has 18 heavy (non-hydrogen) atoms. The average molecular weight is 249 g/mol. The Kier molecular flexibility index (Phi) is 3.97. The molecule has 0 spiro atoms. The summed E-state index contributed by atoms with van der Waals surface area (Å²) < 4.78 is 13.5. The zero-order valence-electron chi connectivity index (χ0n) is 10.9. The predicted octanol–water partition coefficient (Wildman–Crippen LogP) is 3.32. The van der Waals surface area contributed by atoms with E-state index in [9.17, 15) is 4.39 Å². The quantitative estimate of drug-likeness (QED) is 0.854. The van der Waals surface area contributed by atoms with Crippen molar-refractivity contribution in [1.29, 1.82) is 0 Å². The summed E-state index contributed by atoms with van der Waals surface area (Å²) in [5.41, 5.74) is 6.93. The first kappa shape index (κ1) is 13.0. The first-order chi connectivity index (χ1) is 8.58. The molecule has 0 aliphatic carbocycles. The van der Waals surface area contributed by atoms with E-state index in [1.54, 1.807) is 6.07 Å². The number of aromatic amines is 1. The van der Waals surface area contributed by atoms with Crippen molar-refractivity contribution in [2.45, 2.75) is 45.1 Å². The third-order valence-electron chi connectivity index (χ3n) is 3.25. The zero-order valence-corrected chi connectivity index (χ0v) is 10.9. The van der Waals surface area contributed by atoms with Crippen LogP contribution < -0.4 is 5.73 Å². The van der Waals surface area contributed by atoms with Crippen LogP contribution in [0.1, 0.15) is 44.9 Å². The van der Waals surface area contributed by atoms with E-state index < -0.39 is 0 Å². The fourth-order valence-electron chi connectivity index (χ4n) is 2.13. The van der Waals surface area contributed by atoms with Gasteiger partial charge in [0.05, 0.1) is 5.52 Å². The number of nitrogens with zero attached hydrogens (tertiary/aromatic N) is 1. The van der Waals surface area contributed by atoms with E-state index in [0.717, 1.165) is 30.6 Å².